The average molecular weight is 286 g/mol. The second-order valence-corrected chi connectivity index (χ2v) is 4.97. The zero-order valence-corrected chi connectivity index (χ0v) is 11.8. The van der Waals surface area contributed by atoms with Crippen LogP contribution >= 0.6 is 0 Å². The van der Waals surface area contributed by atoms with E-state index >= 15 is 0 Å². The number of ether oxygens (including phenoxy) is 1. The maximum absolute atomic E-state index is 11.7. The van der Waals surface area contributed by atoms with Crippen molar-refractivity contribution in [1.29, 1.82) is 0 Å². The van der Waals surface area contributed by atoms with Crippen LogP contribution in [0.2, 0.25) is 0 Å². The third-order valence-corrected chi connectivity index (χ3v) is 3.14. The van der Waals surface area contributed by atoms with Crippen LogP contribution in [-0.2, 0) is 14.3 Å². The fraction of sp³-hybridized carbons (Fsp3) is 0.769. The Labute approximate surface area is 118 Å². The predicted octanol–water partition coefficient (Wildman–Crippen LogP) is 0.978. The van der Waals surface area contributed by atoms with Crippen LogP contribution in [0.1, 0.15) is 38.5 Å². The maximum atomic E-state index is 11.7. The molecule has 1 unspecified atom stereocenters. The Morgan fingerprint density at radius 2 is 2.05 bits per heavy atom. The van der Waals surface area contributed by atoms with Crippen molar-refractivity contribution in [1.82, 2.24) is 10.2 Å². The number of urea groups is 1. The molecule has 1 aliphatic heterocycles. The molecule has 2 N–H and O–H groups in total. The quantitative estimate of drug-likeness (QED) is 0.758. The molecule has 0 bridgehead atoms. The smallest absolute Gasteiger partial charge is 0.323 e. The first-order valence-electron chi connectivity index (χ1n) is 6.87. The zero-order valence-electron chi connectivity index (χ0n) is 11.8. The van der Waals surface area contributed by atoms with E-state index in [2.05, 4.69) is 5.32 Å². The maximum Gasteiger partial charge on any atom is 0.323 e. The molecule has 1 rings (SSSR count). The number of hydrogen-bond donors (Lipinski definition) is 2. The van der Waals surface area contributed by atoms with E-state index < -0.39 is 17.9 Å². The third kappa shape index (κ3) is 6.51. The first kappa shape index (κ1) is 16.4. The molecule has 1 aliphatic rings. The van der Waals surface area contributed by atoms with Gasteiger partial charge in [0.15, 0.2) is 0 Å². The van der Waals surface area contributed by atoms with Crippen LogP contribution in [0.5, 0.6) is 0 Å². The number of nitrogens with one attached hydrogen (secondary N) is 1. The molecule has 0 saturated carbocycles. The van der Waals surface area contributed by atoms with Gasteiger partial charge in [-0.15, -0.1) is 0 Å². The van der Waals surface area contributed by atoms with Gasteiger partial charge in [0.25, 0.3) is 0 Å². The standard InChI is InChI=1S/C13H22N2O5/c1-15(9-10-5-2-3-8-20-10)13(19)14-11(16)6-4-7-12(17)18/h10H,2-9H2,1H3,(H,17,18)(H,14,16,19). The van der Waals surface area contributed by atoms with Crippen LogP contribution in [-0.4, -0.2) is 54.2 Å². The van der Waals surface area contributed by atoms with Crippen molar-refractivity contribution < 1.29 is 24.2 Å². The van der Waals surface area contributed by atoms with Crippen LogP contribution < -0.4 is 5.32 Å². The highest BCUT2D eigenvalue weighted by Gasteiger charge is 2.19. The van der Waals surface area contributed by atoms with Gasteiger partial charge in [-0.05, 0) is 25.7 Å². The summed E-state index contributed by atoms with van der Waals surface area (Å²) < 4.78 is 5.52. The Hall–Kier alpha value is -1.63. The van der Waals surface area contributed by atoms with E-state index in [4.69, 9.17) is 9.84 Å². The highest BCUT2D eigenvalue weighted by molar-refractivity contribution is 5.94. The summed E-state index contributed by atoms with van der Waals surface area (Å²) in [5, 5.41) is 10.7. The van der Waals surface area contributed by atoms with Crippen molar-refractivity contribution in [2.75, 3.05) is 20.2 Å². The van der Waals surface area contributed by atoms with E-state index in [1.165, 1.54) is 4.90 Å². The van der Waals surface area contributed by atoms with Crippen LogP contribution in [0.15, 0.2) is 0 Å². The summed E-state index contributed by atoms with van der Waals surface area (Å²) in [5.74, 6) is -1.40. The minimum Gasteiger partial charge on any atom is -0.481 e. The van der Waals surface area contributed by atoms with Crippen molar-refractivity contribution >= 4 is 17.9 Å². The van der Waals surface area contributed by atoms with E-state index in [1.54, 1.807) is 7.05 Å². The normalized spacial score (nSPS) is 18.4. The van der Waals surface area contributed by atoms with E-state index in [0.29, 0.717) is 13.2 Å². The summed E-state index contributed by atoms with van der Waals surface area (Å²) in [5.41, 5.74) is 0. The molecule has 1 heterocycles. The lowest BCUT2D eigenvalue weighted by Crippen LogP contribution is -2.44. The van der Waals surface area contributed by atoms with Gasteiger partial charge in [0.05, 0.1) is 6.10 Å². The Balaban J connectivity index is 2.22. The fourth-order valence-electron chi connectivity index (χ4n) is 2.02. The van der Waals surface area contributed by atoms with Crippen molar-refractivity contribution in [2.24, 2.45) is 0 Å². The lowest BCUT2D eigenvalue weighted by molar-refractivity contribution is -0.137. The second-order valence-electron chi connectivity index (χ2n) is 4.97. The number of likely N-dealkylation sites (N-methyl/N-ethyl adjacent to an activating group) is 1. The molecule has 1 atom stereocenters. The van der Waals surface area contributed by atoms with Gasteiger partial charge in [0.1, 0.15) is 0 Å². The molecule has 0 aromatic heterocycles. The molecular formula is C13H22N2O5. The van der Waals surface area contributed by atoms with Gasteiger partial charge in [-0.1, -0.05) is 0 Å². The lowest BCUT2D eigenvalue weighted by Gasteiger charge is -2.27. The first-order chi connectivity index (χ1) is 9.49. The zero-order chi connectivity index (χ0) is 15.0. The number of carboxylic acid groups (broad SMARTS) is 1. The Morgan fingerprint density at radius 3 is 2.65 bits per heavy atom. The molecule has 7 nitrogen and oxygen atoms in total. The number of aliphatic carboxylic acids is 1. The molecule has 0 aromatic carbocycles. The minimum atomic E-state index is -0.948. The first-order valence-corrected chi connectivity index (χ1v) is 6.87. The van der Waals surface area contributed by atoms with Gasteiger partial charge >= 0.3 is 12.0 Å². The number of rotatable bonds is 6. The highest BCUT2D eigenvalue weighted by Crippen LogP contribution is 2.13. The van der Waals surface area contributed by atoms with Crippen molar-refractivity contribution in [2.45, 2.75) is 44.6 Å². The third-order valence-electron chi connectivity index (χ3n) is 3.14. The molecule has 0 radical (unpaired) electrons. The fourth-order valence-corrected chi connectivity index (χ4v) is 2.02. The Bertz CT molecular complexity index is 353. The van der Waals surface area contributed by atoms with E-state index in [0.717, 1.165) is 19.3 Å². The predicted molar refractivity (Wildman–Crippen MR) is 71.2 cm³/mol. The van der Waals surface area contributed by atoms with Crippen LogP contribution in [0.4, 0.5) is 4.79 Å². The highest BCUT2D eigenvalue weighted by atomic mass is 16.5. The molecule has 0 aromatic rings. The van der Waals surface area contributed by atoms with Gasteiger partial charge in [-0.2, -0.15) is 0 Å². The molecule has 3 amide bonds. The topological polar surface area (TPSA) is 95.9 Å². The molecule has 0 spiro atoms. The largest absolute Gasteiger partial charge is 0.481 e. The summed E-state index contributed by atoms with van der Waals surface area (Å²) in [4.78, 5) is 34.9. The summed E-state index contributed by atoms with van der Waals surface area (Å²) >= 11 is 0. The van der Waals surface area contributed by atoms with Gasteiger partial charge in [0, 0.05) is 33.0 Å². The SMILES string of the molecule is CN(CC1CCCCO1)C(=O)NC(=O)CCCC(=O)O. The van der Waals surface area contributed by atoms with Crippen LogP contribution in [0.25, 0.3) is 0 Å². The number of nitrogens with zero attached hydrogens (tertiary/aromatic N) is 1. The minimum absolute atomic E-state index is 0.0293. The Morgan fingerprint density at radius 1 is 1.30 bits per heavy atom. The van der Waals surface area contributed by atoms with Gasteiger partial charge in [-0.25, -0.2) is 4.79 Å². The molecule has 7 heteroatoms. The molecule has 1 fully saturated rings. The van der Waals surface area contributed by atoms with Gasteiger partial charge < -0.3 is 14.7 Å². The molecule has 20 heavy (non-hydrogen) atoms. The Kier molecular flexibility index (Phi) is 7.00. The number of carbonyl (C=O) groups excluding carboxylic acids is 2. The summed E-state index contributed by atoms with van der Waals surface area (Å²) in [7, 11) is 1.61. The number of carbonyl (C=O) groups is 3. The van der Waals surface area contributed by atoms with Crippen molar-refractivity contribution in [3.05, 3.63) is 0 Å². The van der Waals surface area contributed by atoms with Gasteiger partial charge in [0.2, 0.25) is 5.91 Å². The molecule has 0 aliphatic carbocycles. The average Bonchev–Trinajstić information content (AvgIpc) is 2.39. The number of hydrogen-bond acceptors (Lipinski definition) is 4. The number of imide groups is 1. The number of amides is 3. The lowest BCUT2D eigenvalue weighted by atomic mass is 10.1. The number of carboxylic acids is 1. The van der Waals surface area contributed by atoms with Crippen LogP contribution in [0.3, 0.4) is 0 Å². The second kappa shape index (κ2) is 8.52. The van der Waals surface area contributed by atoms with Crippen molar-refractivity contribution in [3.63, 3.8) is 0 Å². The molecule has 1 saturated heterocycles. The molecular weight excluding hydrogens is 264 g/mol. The summed E-state index contributed by atoms with van der Waals surface area (Å²) in [6.07, 6.45) is 3.28. The summed E-state index contributed by atoms with van der Waals surface area (Å²) in [6, 6.07) is -0.473. The van der Waals surface area contributed by atoms with Gasteiger partial charge in [-0.3, -0.25) is 14.9 Å². The van der Waals surface area contributed by atoms with E-state index in [1.807, 2.05) is 0 Å². The van der Waals surface area contributed by atoms with Crippen molar-refractivity contribution in [3.8, 4) is 0 Å². The summed E-state index contributed by atoms with van der Waals surface area (Å²) in [6.45, 7) is 1.17. The van der Waals surface area contributed by atoms with E-state index in [-0.39, 0.29) is 25.4 Å². The van der Waals surface area contributed by atoms with Crippen LogP contribution in [0, 0.1) is 0 Å². The monoisotopic (exact) mass is 286 g/mol. The van der Waals surface area contributed by atoms with E-state index in [9.17, 15) is 14.4 Å². The molecule has 114 valence electrons.